The second kappa shape index (κ2) is 15.2. The summed E-state index contributed by atoms with van der Waals surface area (Å²) in [6.45, 7) is 3.18. The minimum absolute atomic E-state index is 0.0718. The highest BCUT2D eigenvalue weighted by molar-refractivity contribution is 7.98. The molecular formula is C42H38ClFN6O6S2. The van der Waals surface area contributed by atoms with Gasteiger partial charge in [-0.25, -0.2) is 17.6 Å². The molecule has 0 amide bonds. The van der Waals surface area contributed by atoms with Crippen LogP contribution in [0.15, 0.2) is 88.7 Å². The van der Waals surface area contributed by atoms with Crippen LogP contribution in [0, 0.1) is 12.7 Å². The number of thioether (sulfide) groups is 1. The molecule has 5 heterocycles. The van der Waals surface area contributed by atoms with E-state index in [1.54, 1.807) is 58.6 Å². The van der Waals surface area contributed by atoms with Crippen molar-refractivity contribution >= 4 is 61.0 Å². The first-order valence-corrected chi connectivity index (χ1v) is 21.6. The summed E-state index contributed by atoms with van der Waals surface area (Å²) in [7, 11) is -2.30. The van der Waals surface area contributed by atoms with E-state index in [0.29, 0.717) is 87.0 Å². The van der Waals surface area contributed by atoms with E-state index >= 15 is 0 Å². The number of nitrogens with zero attached hydrogens (tertiary/aromatic N) is 6. The van der Waals surface area contributed by atoms with Crippen molar-refractivity contribution in [3.63, 3.8) is 0 Å². The molecule has 0 aliphatic carbocycles. The van der Waals surface area contributed by atoms with Gasteiger partial charge in [-0.05, 0) is 85.0 Å². The number of rotatable bonds is 3. The molecule has 7 aromatic rings. The summed E-state index contributed by atoms with van der Waals surface area (Å²) in [5.74, 6) is -0.391. The third-order valence-corrected chi connectivity index (χ3v) is 13.9. The van der Waals surface area contributed by atoms with Gasteiger partial charge in [-0.3, -0.25) is 9.36 Å². The van der Waals surface area contributed by atoms with E-state index in [9.17, 15) is 22.7 Å². The van der Waals surface area contributed by atoms with Gasteiger partial charge < -0.3 is 19.1 Å². The maximum absolute atomic E-state index is 14.6. The Bertz CT molecular complexity index is 2870. The second-order valence-electron chi connectivity index (χ2n) is 14.4. The zero-order valence-electron chi connectivity index (χ0n) is 31.6. The van der Waals surface area contributed by atoms with E-state index in [2.05, 4.69) is 0 Å². The van der Waals surface area contributed by atoms with Gasteiger partial charge in [0.05, 0.1) is 61.4 Å². The maximum atomic E-state index is 14.6. The molecule has 58 heavy (non-hydrogen) atoms. The van der Waals surface area contributed by atoms with Gasteiger partial charge >= 0.3 is 5.97 Å². The molecule has 0 unspecified atom stereocenters. The second-order valence-corrected chi connectivity index (χ2v) is 17.8. The average molecular weight is 841 g/mol. The number of fused-ring (bicyclic) bond motifs is 10. The number of carbonyl (C=O) groups is 1. The lowest BCUT2D eigenvalue weighted by Gasteiger charge is -2.22. The molecule has 2 aliphatic rings. The SMILES string of the molecule is Cc1c(C(=O)O)n2c3ccc(Cl)c(c13)-c1c(nn3c1COCC3)CN(S(=O)(=O)c1ccccc1)Cc1cc(n(C)n1)CSc1cc(c3ccc(F)cc3c1)OCCC2. The normalized spacial score (nSPS) is 15.5. The van der Waals surface area contributed by atoms with Crippen LogP contribution in [0.25, 0.3) is 32.8 Å². The lowest BCUT2D eigenvalue weighted by atomic mass is 9.96. The van der Waals surface area contributed by atoms with Gasteiger partial charge in [-0.1, -0.05) is 29.8 Å². The summed E-state index contributed by atoms with van der Waals surface area (Å²) >= 11 is 8.67. The van der Waals surface area contributed by atoms with Crippen molar-refractivity contribution in [3.8, 4) is 16.9 Å². The number of hydrogen-bond acceptors (Lipinski definition) is 8. The summed E-state index contributed by atoms with van der Waals surface area (Å²) in [5.41, 5.74) is 4.99. The molecule has 12 nitrogen and oxygen atoms in total. The third kappa shape index (κ3) is 6.83. The summed E-state index contributed by atoms with van der Waals surface area (Å²) < 4.78 is 62.8. The highest BCUT2D eigenvalue weighted by Crippen LogP contribution is 2.44. The topological polar surface area (TPSA) is 134 Å². The number of ether oxygens (including phenoxy) is 2. The molecule has 0 atom stereocenters. The largest absolute Gasteiger partial charge is 0.493 e. The van der Waals surface area contributed by atoms with Crippen LogP contribution in [0.2, 0.25) is 5.02 Å². The fourth-order valence-electron chi connectivity index (χ4n) is 8.11. The number of carboxylic acids is 1. The highest BCUT2D eigenvalue weighted by Gasteiger charge is 2.33. The van der Waals surface area contributed by atoms with E-state index in [1.807, 2.05) is 36.0 Å². The summed E-state index contributed by atoms with van der Waals surface area (Å²) in [4.78, 5) is 14.0. The Balaban J connectivity index is 1.25. The van der Waals surface area contributed by atoms with Crippen molar-refractivity contribution in [2.45, 2.75) is 61.7 Å². The monoisotopic (exact) mass is 840 g/mol. The quantitative estimate of drug-likeness (QED) is 0.187. The minimum atomic E-state index is -4.12. The number of aromatic nitrogens is 5. The Labute approximate surface area is 342 Å². The first kappa shape index (κ1) is 38.3. The number of aromatic carboxylic acids is 1. The Morgan fingerprint density at radius 3 is 2.60 bits per heavy atom. The molecule has 1 N–H and O–H groups in total. The number of aryl methyl sites for hydroxylation is 3. The molecule has 0 spiro atoms. The Hall–Kier alpha value is -5.19. The van der Waals surface area contributed by atoms with Crippen molar-refractivity contribution in [2.24, 2.45) is 7.05 Å². The molecule has 16 heteroatoms. The van der Waals surface area contributed by atoms with Gasteiger partial charge in [0.15, 0.2) is 0 Å². The summed E-state index contributed by atoms with van der Waals surface area (Å²) in [6.07, 6.45) is 0.452. The zero-order chi connectivity index (χ0) is 40.3. The van der Waals surface area contributed by atoms with Crippen LogP contribution in [-0.2, 0) is 60.3 Å². The smallest absolute Gasteiger partial charge is 0.352 e. The first-order chi connectivity index (χ1) is 28.0. The summed E-state index contributed by atoms with van der Waals surface area (Å²) in [5, 5.41) is 22.8. The third-order valence-electron chi connectivity index (χ3n) is 10.8. The standard InChI is InChI=1S/C42H38ClFN6O6S2/c1-25-38-35-12-11-33(43)39(38)40-34(46-50-14-16-55-23-36(40)50)22-48(58(53,54)31-7-4-3-5-8-31)21-28-19-29(47(2)45-28)24-57-30-18-26-17-27(44)9-10-32(26)37(20-30)56-15-6-13-49(35)41(25)42(51)52/h3-5,7-12,17-20H,6,13-16,21-24H2,1-2H3,(H,51,52). The average Bonchev–Trinajstić information content (AvgIpc) is 3.84. The predicted molar refractivity (Wildman–Crippen MR) is 219 cm³/mol. The Kier molecular flexibility index (Phi) is 10.0. The molecule has 0 saturated heterocycles. The number of benzene rings is 4. The number of sulfonamides is 1. The van der Waals surface area contributed by atoms with Gasteiger partial charge in [0.2, 0.25) is 10.0 Å². The van der Waals surface area contributed by atoms with E-state index < -0.39 is 16.0 Å². The van der Waals surface area contributed by atoms with E-state index in [-0.39, 0.29) is 42.7 Å². The highest BCUT2D eigenvalue weighted by atomic mass is 35.5. The van der Waals surface area contributed by atoms with Crippen LogP contribution in [0.5, 0.6) is 5.75 Å². The Morgan fingerprint density at radius 1 is 0.966 bits per heavy atom. The summed E-state index contributed by atoms with van der Waals surface area (Å²) in [6, 6.07) is 22.1. The van der Waals surface area contributed by atoms with Crippen LogP contribution in [-0.4, -0.2) is 61.1 Å². The number of halogens is 2. The molecule has 3 aromatic heterocycles. The fraction of sp³-hybridized carbons (Fsp3) is 0.262. The van der Waals surface area contributed by atoms with Gasteiger partial charge in [-0.2, -0.15) is 14.5 Å². The number of hydrogen-bond donors (Lipinski definition) is 1. The van der Waals surface area contributed by atoms with Crippen LogP contribution in [0.4, 0.5) is 4.39 Å². The first-order valence-electron chi connectivity index (χ1n) is 18.7. The van der Waals surface area contributed by atoms with E-state index in [0.717, 1.165) is 21.7 Å². The van der Waals surface area contributed by atoms with Crippen LogP contribution in [0.1, 0.15) is 45.2 Å². The molecule has 0 radical (unpaired) electrons. The molecule has 4 aromatic carbocycles. The van der Waals surface area contributed by atoms with Gasteiger partial charge in [-0.15, -0.1) is 11.8 Å². The molecule has 0 saturated carbocycles. The molecule has 8 bridgehead atoms. The van der Waals surface area contributed by atoms with Crippen molar-refractivity contribution in [3.05, 3.63) is 124 Å². The van der Waals surface area contributed by atoms with Crippen LogP contribution in [0.3, 0.4) is 0 Å². The molecule has 298 valence electrons. The van der Waals surface area contributed by atoms with Gasteiger partial charge in [0, 0.05) is 62.4 Å². The number of carboxylic acid groups (broad SMARTS) is 1. The zero-order valence-corrected chi connectivity index (χ0v) is 34.0. The lowest BCUT2D eigenvalue weighted by Crippen LogP contribution is -2.31. The van der Waals surface area contributed by atoms with Gasteiger partial charge in [0.25, 0.3) is 0 Å². The molecule has 0 fully saturated rings. The van der Waals surface area contributed by atoms with Gasteiger partial charge in [0.1, 0.15) is 17.3 Å². The molecular weight excluding hydrogens is 803 g/mol. The predicted octanol–water partition coefficient (Wildman–Crippen LogP) is 8.19. The fourth-order valence-corrected chi connectivity index (χ4v) is 10.7. The van der Waals surface area contributed by atoms with Crippen LogP contribution < -0.4 is 4.74 Å². The van der Waals surface area contributed by atoms with Crippen LogP contribution >= 0.6 is 23.4 Å². The lowest BCUT2D eigenvalue weighted by molar-refractivity contribution is 0.0684. The molecule has 2 aliphatic heterocycles. The molecule has 9 rings (SSSR count). The Morgan fingerprint density at radius 2 is 1.79 bits per heavy atom. The van der Waals surface area contributed by atoms with Crippen molar-refractivity contribution < 1.29 is 32.2 Å². The maximum Gasteiger partial charge on any atom is 0.352 e. The minimum Gasteiger partial charge on any atom is -0.493 e. The van der Waals surface area contributed by atoms with Crippen molar-refractivity contribution in [2.75, 3.05) is 13.2 Å². The van der Waals surface area contributed by atoms with E-state index in [1.165, 1.54) is 28.2 Å². The van der Waals surface area contributed by atoms with Crippen molar-refractivity contribution in [1.82, 2.24) is 28.4 Å². The van der Waals surface area contributed by atoms with Crippen molar-refractivity contribution in [1.29, 1.82) is 0 Å². The van der Waals surface area contributed by atoms with E-state index in [4.69, 9.17) is 31.3 Å².